The Kier molecular flexibility index (Phi) is 3.72. The fraction of sp³-hybridized carbons (Fsp3) is 0.0588. The molecule has 21 heavy (non-hydrogen) atoms. The number of imidazole rings is 1. The summed E-state index contributed by atoms with van der Waals surface area (Å²) in [6.07, 6.45) is 3.68. The molecule has 0 spiro atoms. The summed E-state index contributed by atoms with van der Waals surface area (Å²) in [4.78, 5) is 4.40. The number of rotatable bonds is 3. The lowest BCUT2D eigenvalue weighted by Gasteiger charge is -2.09. The average Bonchev–Trinajstić information content (AvgIpc) is 2.97. The molecule has 0 saturated heterocycles. The van der Waals surface area contributed by atoms with Crippen molar-refractivity contribution < 1.29 is 0 Å². The van der Waals surface area contributed by atoms with Gasteiger partial charge in [0, 0.05) is 23.0 Å². The Morgan fingerprint density at radius 1 is 1.10 bits per heavy atom. The Bertz CT molecular complexity index is 797. The van der Waals surface area contributed by atoms with Crippen LogP contribution in [0.15, 0.2) is 60.9 Å². The van der Waals surface area contributed by atoms with E-state index in [2.05, 4.69) is 11.1 Å². The van der Waals surface area contributed by atoms with E-state index in [1.165, 1.54) is 0 Å². The summed E-state index contributed by atoms with van der Waals surface area (Å²) >= 11 is 5.92. The van der Waals surface area contributed by atoms with Gasteiger partial charge in [-0.1, -0.05) is 29.8 Å². The molecule has 0 fully saturated rings. The quantitative estimate of drug-likeness (QED) is 0.729. The van der Waals surface area contributed by atoms with Crippen LogP contribution in [0.4, 0.5) is 0 Å². The second-order valence-corrected chi connectivity index (χ2v) is 5.09. The molecule has 0 bridgehead atoms. The standard InChI is InChI=1S/C17H12ClN3/c18-16-7-5-13(6-8-16)17-20-9-10-21(17)12-15-4-2-1-3-14(15)11-19/h1-10H,12H2. The Labute approximate surface area is 128 Å². The van der Waals surface area contributed by atoms with Crippen molar-refractivity contribution in [3.05, 3.63) is 77.1 Å². The van der Waals surface area contributed by atoms with Crippen LogP contribution in [0.5, 0.6) is 0 Å². The fourth-order valence-corrected chi connectivity index (χ4v) is 2.37. The van der Waals surface area contributed by atoms with Gasteiger partial charge in [-0.2, -0.15) is 5.26 Å². The van der Waals surface area contributed by atoms with E-state index in [0.29, 0.717) is 17.1 Å². The fourth-order valence-electron chi connectivity index (χ4n) is 2.25. The Morgan fingerprint density at radius 2 is 1.86 bits per heavy atom. The van der Waals surface area contributed by atoms with Crippen molar-refractivity contribution in [1.82, 2.24) is 9.55 Å². The molecule has 0 atom stereocenters. The first-order chi connectivity index (χ1) is 10.3. The van der Waals surface area contributed by atoms with Crippen molar-refractivity contribution in [2.24, 2.45) is 0 Å². The number of aromatic nitrogens is 2. The van der Waals surface area contributed by atoms with Crippen molar-refractivity contribution in [1.29, 1.82) is 5.26 Å². The zero-order valence-corrected chi connectivity index (χ0v) is 12.0. The largest absolute Gasteiger partial charge is 0.327 e. The van der Waals surface area contributed by atoms with Gasteiger partial charge in [-0.05, 0) is 35.9 Å². The smallest absolute Gasteiger partial charge is 0.140 e. The van der Waals surface area contributed by atoms with Crippen molar-refractivity contribution >= 4 is 11.6 Å². The third-order valence-electron chi connectivity index (χ3n) is 3.30. The average molecular weight is 294 g/mol. The van der Waals surface area contributed by atoms with Crippen LogP contribution in [0.25, 0.3) is 11.4 Å². The maximum atomic E-state index is 9.17. The highest BCUT2D eigenvalue weighted by Gasteiger charge is 2.08. The molecule has 102 valence electrons. The first-order valence-electron chi connectivity index (χ1n) is 6.53. The molecule has 0 radical (unpaired) electrons. The van der Waals surface area contributed by atoms with Crippen LogP contribution in [-0.4, -0.2) is 9.55 Å². The summed E-state index contributed by atoms with van der Waals surface area (Å²) in [5, 5.41) is 9.88. The summed E-state index contributed by atoms with van der Waals surface area (Å²) in [6, 6.07) is 17.4. The summed E-state index contributed by atoms with van der Waals surface area (Å²) in [7, 11) is 0. The molecule has 0 unspecified atom stereocenters. The van der Waals surface area contributed by atoms with E-state index in [1.54, 1.807) is 6.20 Å². The minimum Gasteiger partial charge on any atom is -0.327 e. The van der Waals surface area contributed by atoms with Crippen LogP contribution < -0.4 is 0 Å². The minimum absolute atomic E-state index is 0.613. The van der Waals surface area contributed by atoms with Gasteiger partial charge in [-0.3, -0.25) is 0 Å². The lowest BCUT2D eigenvalue weighted by molar-refractivity contribution is 0.805. The van der Waals surface area contributed by atoms with Crippen molar-refractivity contribution in [2.45, 2.75) is 6.54 Å². The van der Waals surface area contributed by atoms with Gasteiger partial charge in [0.25, 0.3) is 0 Å². The molecule has 0 amide bonds. The van der Waals surface area contributed by atoms with Gasteiger partial charge in [0.05, 0.1) is 18.2 Å². The molecule has 0 saturated carbocycles. The molecule has 0 aliphatic rings. The van der Waals surface area contributed by atoms with E-state index in [1.807, 2.05) is 59.3 Å². The van der Waals surface area contributed by atoms with Gasteiger partial charge in [0.2, 0.25) is 0 Å². The summed E-state index contributed by atoms with van der Waals surface area (Å²) in [5.41, 5.74) is 2.67. The molecule has 0 aliphatic carbocycles. The molecular weight excluding hydrogens is 282 g/mol. The highest BCUT2D eigenvalue weighted by Crippen LogP contribution is 2.21. The van der Waals surface area contributed by atoms with Crippen molar-refractivity contribution in [2.75, 3.05) is 0 Å². The first kappa shape index (κ1) is 13.4. The highest BCUT2D eigenvalue weighted by molar-refractivity contribution is 6.30. The SMILES string of the molecule is N#Cc1ccccc1Cn1ccnc1-c1ccc(Cl)cc1. The number of nitriles is 1. The second kappa shape index (κ2) is 5.82. The lowest BCUT2D eigenvalue weighted by atomic mass is 10.1. The highest BCUT2D eigenvalue weighted by atomic mass is 35.5. The van der Waals surface area contributed by atoms with Gasteiger partial charge in [0.15, 0.2) is 0 Å². The predicted octanol–water partition coefficient (Wildman–Crippen LogP) is 4.12. The van der Waals surface area contributed by atoms with E-state index in [0.717, 1.165) is 17.0 Å². The molecule has 3 aromatic rings. The molecule has 3 rings (SSSR count). The number of halogens is 1. The van der Waals surface area contributed by atoms with E-state index < -0.39 is 0 Å². The third-order valence-corrected chi connectivity index (χ3v) is 3.55. The first-order valence-corrected chi connectivity index (χ1v) is 6.91. The van der Waals surface area contributed by atoms with Gasteiger partial charge in [-0.15, -0.1) is 0 Å². The van der Waals surface area contributed by atoms with Gasteiger partial charge >= 0.3 is 0 Å². The summed E-state index contributed by atoms with van der Waals surface area (Å²) in [5.74, 6) is 0.861. The Hall–Kier alpha value is -2.57. The normalized spacial score (nSPS) is 10.3. The van der Waals surface area contributed by atoms with E-state index in [4.69, 9.17) is 11.6 Å². The predicted molar refractivity (Wildman–Crippen MR) is 82.9 cm³/mol. The van der Waals surface area contributed by atoms with Gasteiger partial charge < -0.3 is 4.57 Å². The molecule has 1 aromatic heterocycles. The third kappa shape index (κ3) is 2.81. The van der Waals surface area contributed by atoms with Crippen LogP contribution in [-0.2, 0) is 6.54 Å². The Morgan fingerprint density at radius 3 is 2.62 bits per heavy atom. The zero-order valence-electron chi connectivity index (χ0n) is 11.2. The van der Waals surface area contributed by atoms with Crippen molar-refractivity contribution in [3.63, 3.8) is 0 Å². The number of hydrogen-bond donors (Lipinski definition) is 0. The topological polar surface area (TPSA) is 41.6 Å². The monoisotopic (exact) mass is 293 g/mol. The van der Waals surface area contributed by atoms with E-state index in [-0.39, 0.29) is 0 Å². The minimum atomic E-state index is 0.613. The summed E-state index contributed by atoms with van der Waals surface area (Å²) < 4.78 is 2.03. The number of nitrogens with zero attached hydrogens (tertiary/aromatic N) is 3. The molecular formula is C17H12ClN3. The van der Waals surface area contributed by atoms with Gasteiger partial charge in [0.1, 0.15) is 5.82 Å². The molecule has 4 heteroatoms. The van der Waals surface area contributed by atoms with Crippen LogP contribution in [0.1, 0.15) is 11.1 Å². The zero-order chi connectivity index (χ0) is 14.7. The van der Waals surface area contributed by atoms with Crippen molar-refractivity contribution in [3.8, 4) is 17.5 Å². The Balaban J connectivity index is 1.96. The van der Waals surface area contributed by atoms with Crippen LogP contribution in [0.3, 0.4) is 0 Å². The molecule has 0 N–H and O–H groups in total. The van der Waals surface area contributed by atoms with Crippen LogP contribution >= 0.6 is 11.6 Å². The molecule has 3 nitrogen and oxygen atoms in total. The molecule has 2 aromatic carbocycles. The van der Waals surface area contributed by atoms with E-state index in [9.17, 15) is 5.26 Å². The summed E-state index contributed by atoms with van der Waals surface area (Å²) in [6.45, 7) is 0.613. The maximum absolute atomic E-state index is 9.17. The lowest BCUT2D eigenvalue weighted by Crippen LogP contribution is -2.02. The second-order valence-electron chi connectivity index (χ2n) is 4.65. The maximum Gasteiger partial charge on any atom is 0.140 e. The van der Waals surface area contributed by atoms with Gasteiger partial charge in [-0.25, -0.2) is 4.98 Å². The number of hydrogen-bond acceptors (Lipinski definition) is 2. The number of benzene rings is 2. The molecule has 0 aliphatic heterocycles. The molecule has 1 heterocycles. The van der Waals surface area contributed by atoms with E-state index >= 15 is 0 Å². The van der Waals surface area contributed by atoms with Crippen LogP contribution in [0, 0.1) is 11.3 Å². The van der Waals surface area contributed by atoms with Crippen LogP contribution in [0.2, 0.25) is 5.02 Å².